The molecule has 1 saturated heterocycles. The molecule has 2 aromatic carbocycles. The molecule has 14 heteroatoms. The average molecular weight is 664 g/mol. The number of aliphatic carboxylic acids is 2. The molecule has 44 heavy (non-hydrogen) atoms. The zero-order valence-corrected chi connectivity index (χ0v) is 26.9. The van der Waals surface area contributed by atoms with Gasteiger partial charge in [0.25, 0.3) is 0 Å². The number of hydrogen-bond acceptors (Lipinski definition) is 10. The van der Waals surface area contributed by atoms with Gasteiger partial charge < -0.3 is 58.9 Å². The van der Waals surface area contributed by atoms with Crippen LogP contribution in [0.25, 0.3) is 0 Å². The summed E-state index contributed by atoms with van der Waals surface area (Å²) in [7, 11) is 0. The van der Waals surface area contributed by atoms with Crippen molar-refractivity contribution in [3.8, 4) is 11.5 Å². The molecule has 0 bridgehead atoms. The lowest BCUT2D eigenvalue weighted by atomic mass is 10.2. The minimum Gasteiger partial charge on any atom is -0.546 e. The summed E-state index contributed by atoms with van der Waals surface area (Å²) in [6, 6.07) is 9.93. The van der Waals surface area contributed by atoms with E-state index in [1.165, 1.54) is 0 Å². The highest BCUT2D eigenvalue weighted by atomic mass is 35.5. The maximum Gasteiger partial charge on any atom is 0.128 e. The molecule has 1 aliphatic heterocycles. The Balaban J connectivity index is 0.000000337. The fourth-order valence-corrected chi connectivity index (χ4v) is 3.88. The van der Waals surface area contributed by atoms with E-state index in [4.69, 9.17) is 51.6 Å². The zero-order chi connectivity index (χ0) is 32.4. The van der Waals surface area contributed by atoms with E-state index in [2.05, 4.69) is 10.6 Å². The SMILES string of the molecule is C1COCCOCC[NH2+]CCOCCOCC[NH2+]1.Cc1cc(Cl)ccc1OCC(=O)[O-].Cc1cc(Cl)ccc1OCC(=O)[O-]. The highest BCUT2D eigenvalue weighted by molar-refractivity contribution is 6.31. The highest BCUT2D eigenvalue weighted by Gasteiger charge is 2.01. The molecule has 12 nitrogen and oxygen atoms in total. The molecule has 1 fully saturated rings. The maximum atomic E-state index is 10.1. The predicted molar refractivity (Wildman–Crippen MR) is 160 cm³/mol. The summed E-state index contributed by atoms with van der Waals surface area (Å²) in [6.45, 7) is 12.5. The summed E-state index contributed by atoms with van der Waals surface area (Å²) in [5.74, 6) is -1.47. The summed E-state index contributed by atoms with van der Waals surface area (Å²) in [5.41, 5.74) is 1.60. The van der Waals surface area contributed by atoms with E-state index in [-0.39, 0.29) is 0 Å². The van der Waals surface area contributed by atoms with Gasteiger partial charge in [0.2, 0.25) is 0 Å². The lowest BCUT2D eigenvalue weighted by Crippen LogP contribution is -2.86. The molecule has 2 aromatic rings. The van der Waals surface area contributed by atoms with Crippen LogP contribution < -0.4 is 30.3 Å². The fraction of sp³-hybridized carbons (Fsp3) is 0.533. The minimum atomic E-state index is -1.24. The van der Waals surface area contributed by atoms with Gasteiger partial charge in [0, 0.05) is 10.0 Å². The number of carbonyl (C=O) groups is 2. The number of aryl methyl sites for hydroxylation is 2. The van der Waals surface area contributed by atoms with Gasteiger partial charge in [-0.2, -0.15) is 0 Å². The van der Waals surface area contributed by atoms with Crippen molar-refractivity contribution in [2.45, 2.75) is 13.8 Å². The van der Waals surface area contributed by atoms with Crippen molar-refractivity contribution in [1.29, 1.82) is 0 Å². The molecule has 0 spiro atoms. The van der Waals surface area contributed by atoms with Gasteiger partial charge in [-0.1, -0.05) is 23.2 Å². The van der Waals surface area contributed by atoms with Gasteiger partial charge in [-0.05, 0) is 61.4 Å². The first-order chi connectivity index (χ1) is 21.2. The molecule has 0 saturated carbocycles. The molecule has 1 aliphatic rings. The van der Waals surface area contributed by atoms with Crippen LogP contribution in [0.1, 0.15) is 11.1 Å². The van der Waals surface area contributed by atoms with Crippen LogP contribution in [0.2, 0.25) is 10.0 Å². The number of rotatable bonds is 6. The number of quaternary nitrogens is 2. The Hall–Kier alpha value is -2.68. The number of nitrogens with two attached hydrogens (primary N) is 2. The third kappa shape index (κ3) is 21.9. The van der Waals surface area contributed by atoms with Crippen LogP contribution in [0, 0.1) is 13.8 Å². The molecule has 0 radical (unpaired) electrons. The molecular weight excluding hydrogens is 619 g/mol. The van der Waals surface area contributed by atoms with Crippen LogP contribution >= 0.6 is 23.2 Å². The van der Waals surface area contributed by atoms with E-state index in [1.54, 1.807) is 50.2 Å². The van der Waals surface area contributed by atoms with Crippen molar-refractivity contribution in [3.05, 3.63) is 57.6 Å². The monoisotopic (exact) mass is 662 g/mol. The molecular formula is C30H44Cl2N2O10. The van der Waals surface area contributed by atoms with Crippen molar-refractivity contribution in [2.24, 2.45) is 0 Å². The molecule has 0 unspecified atom stereocenters. The number of ether oxygens (including phenoxy) is 6. The molecule has 0 atom stereocenters. The average Bonchev–Trinajstić information content (AvgIpc) is 2.97. The fourth-order valence-electron chi connectivity index (χ4n) is 3.42. The standard InChI is InChI=1S/C12H26N2O4.2C9H9ClO3/c1-5-15-9-10-17-7-3-14-4-8-18-12-11-16-6-2-13-1;2*1-6-4-7(10)2-3-8(6)13-5-9(11)12/h13-14H,1-12H2;2*2-4H,5H2,1H3,(H,11,12). The van der Waals surface area contributed by atoms with E-state index in [0.717, 1.165) is 63.7 Å². The lowest BCUT2D eigenvalue weighted by Gasteiger charge is -2.09. The first-order valence-electron chi connectivity index (χ1n) is 14.3. The molecule has 3 rings (SSSR count). The van der Waals surface area contributed by atoms with Gasteiger partial charge in [0.15, 0.2) is 0 Å². The van der Waals surface area contributed by atoms with E-state index in [9.17, 15) is 19.8 Å². The largest absolute Gasteiger partial charge is 0.546 e. The molecule has 248 valence electrons. The van der Waals surface area contributed by atoms with Crippen LogP contribution in [0.5, 0.6) is 11.5 Å². The van der Waals surface area contributed by atoms with Crippen molar-refractivity contribution in [3.63, 3.8) is 0 Å². The molecule has 4 N–H and O–H groups in total. The molecule has 0 aromatic heterocycles. The zero-order valence-electron chi connectivity index (χ0n) is 25.4. The van der Waals surface area contributed by atoms with Crippen molar-refractivity contribution in [1.82, 2.24) is 0 Å². The first-order valence-corrected chi connectivity index (χ1v) is 15.1. The first kappa shape index (κ1) is 39.3. The summed E-state index contributed by atoms with van der Waals surface area (Å²) in [4.78, 5) is 20.2. The number of hydrogen-bond donors (Lipinski definition) is 2. The summed E-state index contributed by atoms with van der Waals surface area (Å²) >= 11 is 11.4. The Bertz CT molecular complexity index is 938. The second-order valence-corrected chi connectivity index (χ2v) is 10.2. The van der Waals surface area contributed by atoms with Crippen LogP contribution in [0.3, 0.4) is 0 Å². The summed E-state index contributed by atoms with van der Waals surface area (Å²) in [6.07, 6.45) is 0. The van der Waals surface area contributed by atoms with Gasteiger partial charge in [0.1, 0.15) is 24.7 Å². The second kappa shape index (κ2) is 25.6. The number of benzene rings is 2. The Kier molecular flexibility index (Phi) is 22.9. The topological polar surface area (TPSA) is 169 Å². The van der Waals surface area contributed by atoms with Crippen LogP contribution in [0.4, 0.5) is 0 Å². The van der Waals surface area contributed by atoms with Gasteiger partial charge in [-0.15, -0.1) is 0 Å². The maximum absolute atomic E-state index is 10.1. The van der Waals surface area contributed by atoms with Crippen LogP contribution in [-0.2, 0) is 28.5 Å². The highest BCUT2D eigenvalue weighted by Crippen LogP contribution is 2.22. The smallest absolute Gasteiger partial charge is 0.128 e. The van der Waals surface area contributed by atoms with Crippen molar-refractivity contribution in [2.75, 3.05) is 92.2 Å². The number of carboxylic acid groups (broad SMARTS) is 2. The Morgan fingerprint density at radius 1 is 0.636 bits per heavy atom. The number of carbonyl (C=O) groups excluding carboxylic acids is 2. The van der Waals surface area contributed by atoms with E-state index < -0.39 is 25.2 Å². The van der Waals surface area contributed by atoms with Crippen molar-refractivity contribution >= 4 is 35.1 Å². The summed E-state index contributed by atoms with van der Waals surface area (Å²) in [5, 5.41) is 25.8. The van der Waals surface area contributed by atoms with Gasteiger partial charge in [-0.3, -0.25) is 0 Å². The molecule has 1 heterocycles. The Labute approximate surface area is 268 Å². The number of halogens is 2. The van der Waals surface area contributed by atoms with E-state index in [1.807, 2.05) is 0 Å². The quantitative estimate of drug-likeness (QED) is 0.381. The normalized spacial score (nSPS) is 15.5. The summed E-state index contributed by atoms with van der Waals surface area (Å²) < 4.78 is 31.7. The van der Waals surface area contributed by atoms with Gasteiger partial charge >= 0.3 is 0 Å². The predicted octanol–water partition coefficient (Wildman–Crippen LogP) is -1.25. The van der Waals surface area contributed by atoms with Crippen LogP contribution in [-0.4, -0.2) is 104 Å². The molecule has 0 aliphatic carbocycles. The van der Waals surface area contributed by atoms with E-state index in [0.29, 0.717) is 48.0 Å². The van der Waals surface area contributed by atoms with Gasteiger partial charge in [-0.25, -0.2) is 0 Å². The lowest BCUT2D eigenvalue weighted by molar-refractivity contribution is -0.659. The number of carboxylic acids is 2. The van der Waals surface area contributed by atoms with Gasteiger partial charge in [0.05, 0.1) is 91.0 Å². The van der Waals surface area contributed by atoms with Crippen molar-refractivity contribution < 1.29 is 58.9 Å². The third-order valence-electron chi connectivity index (χ3n) is 5.57. The second-order valence-electron chi connectivity index (χ2n) is 9.32. The minimum absolute atomic E-state index is 0.442. The van der Waals surface area contributed by atoms with E-state index >= 15 is 0 Å². The molecule has 0 amide bonds. The third-order valence-corrected chi connectivity index (χ3v) is 6.04. The van der Waals surface area contributed by atoms with Crippen LogP contribution in [0.15, 0.2) is 36.4 Å². The Morgan fingerprint density at radius 3 is 1.23 bits per heavy atom. The Morgan fingerprint density at radius 2 is 0.955 bits per heavy atom.